The van der Waals surface area contributed by atoms with Crippen molar-refractivity contribution in [1.29, 1.82) is 0 Å². The van der Waals surface area contributed by atoms with Gasteiger partial charge in [-0.3, -0.25) is 14.2 Å². The van der Waals surface area contributed by atoms with E-state index in [2.05, 4.69) is 50.5 Å². The van der Waals surface area contributed by atoms with E-state index in [0.717, 1.165) is 10.2 Å². The Labute approximate surface area is 155 Å². The van der Waals surface area contributed by atoms with Crippen LogP contribution in [0.3, 0.4) is 0 Å². The van der Waals surface area contributed by atoms with E-state index in [1.165, 1.54) is 11.1 Å². The van der Waals surface area contributed by atoms with Crippen LogP contribution in [0, 0.1) is 13.8 Å². The van der Waals surface area contributed by atoms with Crippen molar-refractivity contribution in [3.8, 4) is 0 Å². The molecule has 0 radical (unpaired) electrons. The lowest BCUT2D eigenvalue weighted by atomic mass is 10.1. The number of hydrogen-bond donors (Lipinski definition) is 1. The van der Waals surface area contributed by atoms with Crippen molar-refractivity contribution in [2.75, 3.05) is 5.32 Å². The number of nitrogens with zero attached hydrogens (tertiary/aromatic N) is 4. The molecule has 1 aromatic carbocycles. The number of anilines is 1. The molecule has 0 saturated carbocycles. The molecule has 0 spiro atoms. The molecule has 0 atom stereocenters. The van der Waals surface area contributed by atoms with E-state index in [-0.39, 0.29) is 5.91 Å². The molecule has 3 aromatic rings. The summed E-state index contributed by atoms with van der Waals surface area (Å²) in [6.45, 7) is 5.21. The second-order valence-electron chi connectivity index (χ2n) is 5.95. The van der Waals surface area contributed by atoms with Gasteiger partial charge in [-0.05, 0) is 40.9 Å². The van der Waals surface area contributed by atoms with Gasteiger partial charge in [0.15, 0.2) is 5.82 Å². The molecule has 0 aliphatic carbocycles. The highest BCUT2D eigenvalue weighted by atomic mass is 79.9. The Morgan fingerprint density at radius 3 is 2.68 bits per heavy atom. The summed E-state index contributed by atoms with van der Waals surface area (Å²) < 4.78 is 4.53. The van der Waals surface area contributed by atoms with Gasteiger partial charge < -0.3 is 5.32 Å². The molecule has 1 amide bonds. The van der Waals surface area contributed by atoms with Gasteiger partial charge in [-0.1, -0.05) is 24.3 Å². The number of carbonyl (C=O) groups is 1. The Morgan fingerprint density at radius 2 is 1.96 bits per heavy atom. The average molecular weight is 402 g/mol. The average Bonchev–Trinajstić information content (AvgIpc) is 3.14. The number of nitrogens with one attached hydrogen (secondary N) is 1. The van der Waals surface area contributed by atoms with Crippen LogP contribution >= 0.6 is 15.9 Å². The number of amides is 1. The molecule has 0 fully saturated rings. The van der Waals surface area contributed by atoms with Crippen LogP contribution in [0.1, 0.15) is 23.2 Å². The lowest BCUT2D eigenvalue weighted by Crippen LogP contribution is -2.15. The van der Waals surface area contributed by atoms with Crippen LogP contribution < -0.4 is 5.32 Å². The second-order valence-corrected chi connectivity index (χ2v) is 6.80. The number of rotatable bonds is 6. The maximum absolute atomic E-state index is 12.1. The van der Waals surface area contributed by atoms with Gasteiger partial charge in [0, 0.05) is 31.4 Å². The summed E-state index contributed by atoms with van der Waals surface area (Å²) in [5.74, 6) is 0.488. The fourth-order valence-electron chi connectivity index (χ4n) is 2.51. The summed E-state index contributed by atoms with van der Waals surface area (Å²) in [6, 6.07) is 10.0. The number of hydrogen-bond acceptors (Lipinski definition) is 3. The Hall–Kier alpha value is -2.41. The van der Waals surface area contributed by atoms with Crippen molar-refractivity contribution in [2.45, 2.75) is 33.4 Å². The molecule has 0 aliphatic heterocycles. The number of aryl methyl sites for hydroxylation is 3. The molecule has 2 aromatic heterocycles. The minimum absolute atomic E-state index is 0.0783. The Morgan fingerprint density at radius 1 is 1.16 bits per heavy atom. The summed E-state index contributed by atoms with van der Waals surface area (Å²) >= 11 is 3.42. The molecule has 3 rings (SSSR count). The Balaban J connectivity index is 1.54. The van der Waals surface area contributed by atoms with Gasteiger partial charge in [-0.2, -0.15) is 10.2 Å². The van der Waals surface area contributed by atoms with Gasteiger partial charge in [0.2, 0.25) is 5.91 Å². The van der Waals surface area contributed by atoms with Crippen molar-refractivity contribution in [2.24, 2.45) is 0 Å². The van der Waals surface area contributed by atoms with Crippen LogP contribution in [-0.2, 0) is 17.9 Å². The Kier molecular flexibility index (Phi) is 5.33. The summed E-state index contributed by atoms with van der Waals surface area (Å²) in [7, 11) is 0. The van der Waals surface area contributed by atoms with E-state index in [1.54, 1.807) is 4.68 Å². The van der Waals surface area contributed by atoms with Gasteiger partial charge in [-0.25, -0.2) is 0 Å². The maximum Gasteiger partial charge on any atom is 0.227 e. The minimum atomic E-state index is -0.0783. The largest absolute Gasteiger partial charge is 0.309 e. The van der Waals surface area contributed by atoms with E-state index < -0.39 is 0 Å². The first kappa shape index (κ1) is 17.4. The van der Waals surface area contributed by atoms with Crippen molar-refractivity contribution in [3.63, 3.8) is 0 Å². The number of aromatic nitrogens is 4. The van der Waals surface area contributed by atoms with Crippen LogP contribution in [-0.4, -0.2) is 25.5 Å². The van der Waals surface area contributed by atoms with Gasteiger partial charge in [0.25, 0.3) is 0 Å². The molecular formula is C18H20BrN5O. The monoisotopic (exact) mass is 401 g/mol. The zero-order chi connectivity index (χ0) is 17.8. The zero-order valence-electron chi connectivity index (χ0n) is 14.2. The Bertz CT molecular complexity index is 864. The standard InChI is InChI=1S/C18H20BrN5O/c1-13-5-3-4-6-15(13)11-23-9-7-17(22-23)20-18(25)8-10-24-12-16(19)14(2)21-24/h3-7,9,12H,8,10-11H2,1-2H3,(H,20,22,25). The van der Waals surface area contributed by atoms with Crippen LogP contribution in [0.2, 0.25) is 0 Å². The van der Waals surface area contributed by atoms with Crippen molar-refractivity contribution < 1.29 is 4.79 Å². The van der Waals surface area contributed by atoms with Gasteiger partial charge >= 0.3 is 0 Å². The molecule has 6 nitrogen and oxygen atoms in total. The van der Waals surface area contributed by atoms with Crippen LogP contribution in [0.15, 0.2) is 47.2 Å². The van der Waals surface area contributed by atoms with Crippen molar-refractivity contribution in [1.82, 2.24) is 19.6 Å². The highest BCUT2D eigenvalue weighted by Gasteiger charge is 2.08. The summed E-state index contributed by atoms with van der Waals surface area (Å²) in [6.07, 6.45) is 4.09. The molecule has 1 N–H and O–H groups in total. The first-order valence-electron chi connectivity index (χ1n) is 8.08. The molecule has 0 bridgehead atoms. The van der Waals surface area contributed by atoms with E-state index in [4.69, 9.17) is 0 Å². The van der Waals surface area contributed by atoms with Crippen LogP contribution in [0.5, 0.6) is 0 Å². The zero-order valence-corrected chi connectivity index (χ0v) is 15.8. The molecule has 130 valence electrons. The molecule has 2 heterocycles. The van der Waals surface area contributed by atoms with Crippen LogP contribution in [0.25, 0.3) is 0 Å². The van der Waals surface area contributed by atoms with E-state index in [1.807, 2.05) is 42.2 Å². The van der Waals surface area contributed by atoms with Gasteiger partial charge in [-0.15, -0.1) is 0 Å². The third-order valence-corrected chi connectivity index (χ3v) is 4.73. The van der Waals surface area contributed by atoms with Crippen LogP contribution in [0.4, 0.5) is 5.82 Å². The van der Waals surface area contributed by atoms with Crippen molar-refractivity contribution >= 4 is 27.7 Å². The molecule has 0 unspecified atom stereocenters. The first-order chi connectivity index (χ1) is 12.0. The third-order valence-electron chi connectivity index (χ3n) is 3.96. The van der Waals surface area contributed by atoms with E-state index in [0.29, 0.717) is 25.3 Å². The molecule has 7 heteroatoms. The highest BCUT2D eigenvalue weighted by Crippen LogP contribution is 2.14. The normalized spacial score (nSPS) is 10.8. The quantitative estimate of drug-likeness (QED) is 0.686. The molecular weight excluding hydrogens is 382 g/mol. The molecule has 25 heavy (non-hydrogen) atoms. The van der Waals surface area contributed by atoms with Crippen molar-refractivity contribution in [3.05, 3.63) is 64.0 Å². The summed E-state index contributed by atoms with van der Waals surface area (Å²) in [4.78, 5) is 12.1. The van der Waals surface area contributed by atoms with E-state index in [9.17, 15) is 4.79 Å². The number of halogens is 1. The smallest absolute Gasteiger partial charge is 0.227 e. The van der Waals surface area contributed by atoms with E-state index >= 15 is 0 Å². The lowest BCUT2D eigenvalue weighted by Gasteiger charge is -2.06. The van der Waals surface area contributed by atoms with Gasteiger partial charge in [0.1, 0.15) is 0 Å². The number of benzene rings is 1. The minimum Gasteiger partial charge on any atom is -0.309 e. The third kappa shape index (κ3) is 4.57. The lowest BCUT2D eigenvalue weighted by molar-refractivity contribution is -0.116. The predicted molar refractivity (Wildman–Crippen MR) is 100 cm³/mol. The number of carbonyl (C=O) groups excluding carboxylic acids is 1. The molecule has 0 saturated heterocycles. The summed E-state index contributed by atoms with van der Waals surface area (Å²) in [5, 5.41) is 11.6. The topological polar surface area (TPSA) is 64.7 Å². The SMILES string of the molecule is Cc1ccccc1Cn1ccc(NC(=O)CCn2cc(Br)c(C)n2)n1. The predicted octanol–water partition coefficient (Wildman–Crippen LogP) is 3.54. The second kappa shape index (κ2) is 7.65. The fourth-order valence-corrected chi connectivity index (χ4v) is 2.82. The first-order valence-corrected chi connectivity index (χ1v) is 8.88. The summed E-state index contributed by atoms with van der Waals surface area (Å²) in [5.41, 5.74) is 3.35. The maximum atomic E-state index is 12.1. The fraction of sp³-hybridized carbons (Fsp3) is 0.278. The van der Waals surface area contributed by atoms with Gasteiger partial charge in [0.05, 0.1) is 16.7 Å². The highest BCUT2D eigenvalue weighted by molar-refractivity contribution is 9.10. The molecule has 0 aliphatic rings.